The normalized spacial score (nSPS) is 11.0. The van der Waals surface area contributed by atoms with E-state index < -0.39 is 12.0 Å². The van der Waals surface area contributed by atoms with Gasteiger partial charge < -0.3 is 30.4 Å². The molecule has 1 atom stereocenters. The van der Waals surface area contributed by atoms with E-state index in [1.807, 2.05) is 37.3 Å². The first-order valence-corrected chi connectivity index (χ1v) is 9.82. The van der Waals surface area contributed by atoms with Gasteiger partial charge in [0, 0.05) is 17.3 Å². The van der Waals surface area contributed by atoms with Crippen LogP contribution in [0.2, 0.25) is 0 Å². The molecule has 0 bridgehead atoms. The molecule has 0 aliphatic carbocycles. The van der Waals surface area contributed by atoms with E-state index in [0.29, 0.717) is 41.5 Å². The van der Waals surface area contributed by atoms with E-state index in [1.165, 1.54) is 0 Å². The minimum atomic E-state index is -1.29. The van der Waals surface area contributed by atoms with Crippen LogP contribution in [0.4, 0.5) is 5.69 Å². The predicted molar refractivity (Wildman–Crippen MR) is 124 cm³/mol. The standard InChI is InChI=1S/C24H25N3O4.ClH/c1-2-30-20-12-18(13-21(14-20)31-15-16-6-4-3-5-7-16)22(24(28)29)27-19-10-8-17(9-11-19)23(25)26;/h3-14,22,27H,2,15H2,1H3,(H3,25,26)(H,28,29);1H/p-1. The fourth-order valence-electron chi connectivity index (χ4n) is 3.03. The second-order valence-corrected chi connectivity index (χ2v) is 6.83. The average Bonchev–Trinajstić information content (AvgIpc) is 2.77. The highest BCUT2D eigenvalue weighted by Gasteiger charge is 2.16. The average molecular weight is 455 g/mol. The summed E-state index contributed by atoms with van der Waals surface area (Å²) in [6.45, 7) is 2.62. The first kappa shape index (κ1) is 24.6. The number of carbonyl (C=O) groups is 1. The number of nitrogen functional groups attached to an aromatic ring is 1. The molecule has 3 rings (SSSR count). The quantitative estimate of drug-likeness (QED) is 0.319. The minimum absolute atomic E-state index is 0. The van der Waals surface area contributed by atoms with Crippen molar-refractivity contribution in [1.82, 2.24) is 0 Å². The Labute approximate surface area is 193 Å². The summed E-state index contributed by atoms with van der Waals surface area (Å²) in [5.74, 6) is -0.362. The lowest BCUT2D eigenvalue weighted by molar-refractivity contribution is -0.307. The molecule has 0 aromatic heterocycles. The first-order valence-electron chi connectivity index (χ1n) is 9.82. The Bertz CT molecular complexity index is 1040. The van der Waals surface area contributed by atoms with Crippen molar-refractivity contribution in [3.8, 4) is 11.5 Å². The van der Waals surface area contributed by atoms with Gasteiger partial charge in [-0.25, -0.2) is 0 Å². The van der Waals surface area contributed by atoms with Gasteiger partial charge in [0.05, 0.1) is 18.6 Å². The molecule has 8 heteroatoms. The fourth-order valence-corrected chi connectivity index (χ4v) is 3.03. The maximum atomic E-state index is 11.9. The highest BCUT2D eigenvalue weighted by Crippen LogP contribution is 2.29. The third-order valence-corrected chi connectivity index (χ3v) is 4.54. The summed E-state index contributed by atoms with van der Waals surface area (Å²) < 4.78 is 11.5. The summed E-state index contributed by atoms with van der Waals surface area (Å²) >= 11 is 0. The van der Waals surface area contributed by atoms with Crippen LogP contribution in [0.1, 0.15) is 29.7 Å². The number of aliphatic carboxylic acids is 1. The van der Waals surface area contributed by atoms with Crippen LogP contribution in [0.3, 0.4) is 0 Å². The maximum absolute atomic E-state index is 11.9. The van der Waals surface area contributed by atoms with Crippen molar-refractivity contribution < 1.29 is 19.4 Å². The number of amidine groups is 1. The van der Waals surface area contributed by atoms with Crippen LogP contribution in [0.15, 0.2) is 72.8 Å². The number of carboxylic acids is 1. The molecule has 3 aromatic carbocycles. The van der Waals surface area contributed by atoms with Gasteiger partial charge >= 0.3 is 0 Å². The Morgan fingerprint density at radius 1 is 1.03 bits per heavy atom. The minimum Gasteiger partial charge on any atom is -0.548 e. The Hall–Kier alpha value is -3.71. The number of anilines is 1. The molecule has 0 saturated carbocycles. The molecule has 1 unspecified atom stereocenters. The number of benzene rings is 3. The molecule has 32 heavy (non-hydrogen) atoms. The van der Waals surface area contributed by atoms with Crippen molar-refractivity contribution in [3.63, 3.8) is 0 Å². The summed E-state index contributed by atoms with van der Waals surface area (Å²) in [4.78, 5) is 11.9. The number of hydrogen-bond acceptors (Lipinski definition) is 6. The molecule has 0 amide bonds. The number of hydrogen-bond donors (Lipinski definition) is 3. The summed E-state index contributed by atoms with van der Waals surface area (Å²) in [7, 11) is 0. The van der Waals surface area contributed by atoms with Gasteiger partial charge in [-0.2, -0.15) is 0 Å². The SMILES string of the molecule is CCOc1cc(OCc2ccccc2)cc(C(Nc2ccc(C(=N)N)cc2)C(=O)[O-])c1.Cl. The van der Waals surface area contributed by atoms with Gasteiger partial charge in [-0.1, -0.05) is 30.3 Å². The molecule has 168 valence electrons. The van der Waals surface area contributed by atoms with Crippen LogP contribution in [-0.4, -0.2) is 18.4 Å². The van der Waals surface area contributed by atoms with Gasteiger partial charge in [0.2, 0.25) is 0 Å². The van der Waals surface area contributed by atoms with Gasteiger partial charge in [-0.15, -0.1) is 12.4 Å². The summed E-state index contributed by atoms with van der Waals surface area (Å²) in [5.41, 5.74) is 7.99. The zero-order valence-electron chi connectivity index (χ0n) is 17.5. The molecular formula is C24H25ClN3O4-. The molecule has 0 aliphatic heterocycles. The van der Waals surface area contributed by atoms with E-state index in [9.17, 15) is 9.90 Å². The van der Waals surface area contributed by atoms with Crippen LogP contribution in [-0.2, 0) is 11.4 Å². The number of halogens is 1. The predicted octanol–water partition coefficient (Wildman–Crippen LogP) is 3.27. The topological polar surface area (TPSA) is 120 Å². The highest BCUT2D eigenvalue weighted by molar-refractivity contribution is 5.95. The Morgan fingerprint density at radius 2 is 1.66 bits per heavy atom. The zero-order valence-corrected chi connectivity index (χ0v) is 18.4. The molecule has 0 spiro atoms. The zero-order chi connectivity index (χ0) is 22.2. The lowest BCUT2D eigenvalue weighted by Crippen LogP contribution is -2.34. The van der Waals surface area contributed by atoms with E-state index in [-0.39, 0.29) is 18.2 Å². The lowest BCUT2D eigenvalue weighted by atomic mass is 10.1. The van der Waals surface area contributed by atoms with Crippen LogP contribution in [0.5, 0.6) is 11.5 Å². The lowest BCUT2D eigenvalue weighted by Gasteiger charge is -2.23. The van der Waals surface area contributed by atoms with E-state index in [2.05, 4.69) is 5.32 Å². The smallest absolute Gasteiger partial charge is 0.123 e. The molecule has 0 heterocycles. The highest BCUT2D eigenvalue weighted by atomic mass is 35.5. The van der Waals surface area contributed by atoms with Gasteiger partial charge in [0.15, 0.2) is 0 Å². The van der Waals surface area contributed by atoms with Gasteiger partial charge in [0.25, 0.3) is 0 Å². The number of rotatable bonds is 10. The molecule has 3 aromatic rings. The Morgan fingerprint density at radius 3 is 2.22 bits per heavy atom. The third-order valence-electron chi connectivity index (χ3n) is 4.54. The van der Waals surface area contributed by atoms with Crippen LogP contribution < -0.4 is 25.6 Å². The van der Waals surface area contributed by atoms with Gasteiger partial charge in [-0.3, -0.25) is 5.41 Å². The molecule has 0 saturated heterocycles. The molecule has 0 fully saturated rings. The van der Waals surface area contributed by atoms with Crippen molar-refractivity contribution >= 4 is 29.9 Å². The number of nitrogens with one attached hydrogen (secondary N) is 2. The van der Waals surface area contributed by atoms with E-state index in [0.717, 1.165) is 5.56 Å². The fraction of sp³-hybridized carbons (Fsp3) is 0.167. The number of carbonyl (C=O) groups excluding carboxylic acids is 1. The van der Waals surface area contributed by atoms with Crippen LogP contribution in [0.25, 0.3) is 0 Å². The van der Waals surface area contributed by atoms with E-state index in [1.54, 1.807) is 42.5 Å². The first-order chi connectivity index (χ1) is 15.0. The van der Waals surface area contributed by atoms with Crippen molar-refractivity contribution in [2.75, 3.05) is 11.9 Å². The number of ether oxygens (including phenoxy) is 2. The molecule has 4 N–H and O–H groups in total. The third kappa shape index (κ3) is 6.65. The molecular weight excluding hydrogens is 430 g/mol. The van der Waals surface area contributed by atoms with E-state index >= 15 is 0 Å². The second-order valence-electron chi connectivity index (χ2n) is 6.83. The van der Waals surface area contributed by atoms with Crippen molar-refractivity contribution in [3.05, 3.63) is 89.5 Å². The van der Waals surface area contributed by atoms with Crippen molar-refractivity contribution in [2.24, 2.45) is 5.73 Å². The monoisotopic (exact) mass is 454 g/mol. The molecule has 7 nitrogen and oxygen atoms in total. The summed E-state index contributed by atoms with van der Waals surface area (Å²) in [6.07, 6.45) is 0. The number of nitrogens with two attached hydrogens (primary N) is 1. The Kier molecular flexibility index (Phi) is 8.92. The summed E-state index contributed by atoms with van der Waals surface area (Å²) in [6, 6.07) is 20.2. The maximum Gasteiger partial charge on any atom is 0.123 e. The van der Waals surface area contributed by atoms with Crippen LogP contribution >= 0.6 is 12.4 Å². The molecule has 0 radical (unpaired) electrons. The number of carboxylic acid groups (broad SMARTS) is 1. The van der Waals surface area contributed by atoms with Crippen LogP contribution in [0, 0.1) is 5.41 Å². The van der Waals surface area contributed by atoms with Gasteiger partial charge in [-0.05, 0) is 54.4 Å². The molecule has 0 aliphatic rings. The van der Waals surface area contributed by atoms with Gasteiger partial charge in [0.1, 0.15) is 23.9 Å². The summed E-state index contributed by atoms with van der Waals surface area (Å²) in [5, 5.41) is 22.3. The van der Waals surface area contributed by atoms with Crippen molar-refractivity contribution in [2.45, 2.75) is 19.6 Å². The van der Waals surface area contributed by atoms with Crippen molar-refractivity contribution in [1.29, 1.82) is 5.41 Å². The Balaban J connectivity index is 0.00000363. The second kappa shape index (κ2) is 11.6. The largest absolute Gasteiger partial charge is 0.548 e. The van der Waals surface area contributed by atoms with E-state index in [4.69, 9.17) is 20.6 Å².